The summed E-state index contributed by atoms with van der Waals surface area (Å²) in [5.41, 5.74) is 0.0213. The van der Waals surface area contributed by atoms with Crippen molar-refractivity contribution in [3.05, 3.63) is 69.0 Å². The minimum Gasteiger partial charge on any atom is -0.459 e. The molecule has 0 saturated carbocycles. The molecule has 4 rings (SSSR count). The number of esters is 1. The van der Waals surface area contributed by atoms with Gasteiger partial charge in [-0.05, 0) is 18.2 Å². The predicted molar refractivity (Wildman–Crippen MR) is 102 cm³/mol. The Hall–Kier alpha value is -3.82. The summed E-state index contributed by atoms with van der Waals surface area (Å²) in [7, 11) is 3.09. The van der Waals surface area contributed by atoms with Crippen molar-refractivity contribution in [3.63, 3.8) is 0 Å². The maximum atomic E-state index is 13.9. The second kappa shape index (κ2) is 6.97. The molecule has 0 N–H and O–H groups in total. The molecule has 0 bridgehead atoms. The number of fused-ring (bicyclic) bond motifs is 2. The molecule has 0 unspecified atom stereocenters. The van der Waals surface area contributed by atoms with Crippen LogP contribution in [0, 0.1) is 5.82 Å². The average Bonchev–Trinajstić information content (AvgIpc) is 3.11. The van der Waals surface area contributed by atoms with E-state index in [1.807, 2.05) is 0 Å². The number of halogens is 1. The largest absolute Gasteiger partial charge is 0.459 e. The van der Waals surface area contributed by atoms with E-state index in [4.69, 9.17) is 4.74 Å². The van der Waals surface area contributed by atoms with Crippen LogP contribution in [0.2, 0.25) is 0 Å². The van der Waals surface area contributed by atoms with Crippen molar-refractivity contribution in [2.45, 2.75) is 13.2 Å². The standard InChI is InChI=1S/C19H16FN5O4/c1-23-10-22-17-16(23)18(27)25(19(28)24(17)2)8-14(26)29-9-11-5-6-13(20)12-4-3-7-21-15(11)12/h3-7,10H,8-9H2,1-2H3. The molecule has 0 saturated heterocycles. The topological polar surface area (TPSA) is 101 Å². The van der Waals surface area contributed by atoms with Crippen molar-refractivity contribution < 1.29 is 13.9 Å². The van der Waals surface area contributed by atoms with E-state index in [1.165, 1.54) is 40.8 Å². The first kappa shape index (κ1) is 18.5. The van der Waals surface area contributed by atoms with Crippen molar-refractivity contribution in [2.24, 2.45) is 14.1 Å². The Balaban J connectivity index is 1.61. The number of imidazole rings is 1. The summed E-state index contributed by atoms with van der Waals surface area (Å²) in [6.45, 7) is -0.727. The fraction of sp³-hybridized carbons (Fsp3) is 0.211. The highest BCUT2D eigenvalue weighted by molar-refractivity contribution is 5.82. The van der Waals surface area contributed by atoms with E-state index >= 15 is 0 Å². The zero-order chi connectivity index (χ0) is 20.7. The normalized spacial score (nSPS) is 11.3. The van der Waals surface area contributed by atoms with Crippen LogP contribution in [0.15, 0.2) is 46.4 Å². The molecular weight excluding hydrogens is 381 g/mol. The van der Waals surface area contributed by atoms with Crippen LogP contribution in [-0.4, -0.2) is 29.6 Å². The summed E-state index contributed by atoms with van der Waals surface area (Å²) in [5, 5.41) is 0.313. The lowest BCUT2D eigenvalue weighted by Crippen LogP contribution is -2.41. The van der Waals surface area contributed by atoms with Crippen LogP contribution in [0.3, 0.4) is 0 Å². The molecule has 0 atom stereocenters. The van der Waals surface area contributed by atoms with Gasteiger partial charge in [0.15, 0.2) is 11.2 Å². The number of carbonyl (C=O) groups excluding carboxylic acids is 1. The van der Waals surface area contributed by atoms with Crippen LogP contribution in [0.5, 0.6) is 0 Å². The van der Waals surface area contributed by atoms with Gasteiger partial charge in [0.25, 0.3) is 5.56 Å². The second-order valence-electron chi connectivity index (χ2n) is 6.53. The Morgan fingerprint density at radius 3 is 2.76 bits per heavy atom. The van der Waals surface area contributed by atoms with E-state index in [1.54, 1.807) is 19.2 Å². The molecule has 0 aliphatic carbocycles. The molecule has 0 spiro atoms. The number of aryl methyl sites for hydroxylation is 2. The van der Waals surface area contributed by atoms with Crippen LogP contribution >= 0.6 is 0 Å². The van der Waals surface area contributed by atoms with E-state index < -0.39 is 29.6 Å². The van der Waals surface area contributed by atoms with Gasteiger partial charge in [0, 0.05) is 31.2 Å². The third kappa shape index (κ3) is 3.08. The molecule has 29 heavy (non-hydrogen) atoms. The Morgan fingerprint density at radius 2 is 1.97 bits per heavy atom. The van der Waals surface area contributed by atoms with Crippen LogP contribution in [0.25, 0.3) is 22.1 Å². The Kier molecular flexibility index (Phi) is 4.45. The van der Waals surface area contributed by atoms with Gasteiger partial charge in [-0.2, -0.15) is 0 Å². The van der Waals surface area contributed by atoms with Crippen LogP contribution in [-0.2, 0) is 36.8 Å². The molecule has 1 aromatic carbocycles. The molecule has 3 heterocycles. The number of ether oxygens (including phenoxy) is 1. The lowest BCUT2D eigenvalue weighted by molar-refractivity contribution is -0.145. The SMILES string of the molecule is Cn1cnc2c1c(=O)n(CC(=O)OCc1ccc(F)c3cccnc13)c(=O)n2C. The summed E-state index contributed by atoms with van der Waals surface area (Å²) in [6, 6.07) is 5.93. The lowest BCUT2D eigenvalue weighted by Gasteiger charge is -2.10. The van der Waals surface area contributed by atoms with Gasteiger partial charge >= 0.3 is 11.7 Å². The van der Waals surface area contributed by atoms with Gasteiger partial charge in [-0.3, -0.25) is 19.1 Å². The van der Waals surface area contributed by atoms with Crippen molar-refractivity contribution in [1.82, 2.24) is 23.7 Å². The first-order valence-electron chi connectivity index (χ1n) is 8.67. The summed E-state index contributed by atoms with van der Waals surface area (Å²) in [6.07, 6.45) is 2.93. The van der Waals surface area contributed by atoms with Gasteiger partial charge in [0.1, 0.15) is 19.0 Å². The molecule has 3 aromatic heterocycles. The van der Waals surface area contributed by atoms with Gasteiger partial charge < -0.3 is 9.30 Å². The molecule has 0 aliphatic rings. The fourth-order valence-electron chi connectivity index (χ4n) is 3.18. The van der Waals surface area contributed by atoms with Crippen molar-refractivity contribution in [1.29, 1.82) is 0 Å². The highest BCUT2D eigenvalue weighted by atomic mass is 19.1. The fourth-order valence-corrected chi connectivity index (χ4v) is 3.18. The number of hydrogen-bond acceptors (Lipinski definition) is 6. The van der Waals surface area contributed by atoms with E-state index in [2.05, 4.69) is 9.97 Å². The Bertz CT molecular complexity index is 1390. The predicted octanol–water partition coefficient (Wildman–Crippen LogP) is 0.864. The van der Waals surface area contributed by atoms with Gasteiger partial charge in [0.2, 0.25) is 0 Å². The third-order valence-corrected chi connectivity index (χ3v) is 4.68. The lowest BCUT2D eigenvalue weighted by atomic mass is 10.1. The quantitative estimate of drug-likeness (QED) is 0.474. The molecular formula is C19H16FN5O4. The average molecular weight is 397 g/mol. The van der Waals surface area contributed by atoms with Crippen LogP contribution in [0.4, 0.5) is 4.39 Å². The van der Waals surface area contributed by atoms with E-state index in [9.17, 15) is 18.8 Å². The maximum absolute atomic E-state index is 13.9. The Labute approximate surface area is 162 Å². The van der Waals surface area contributed by atoms with E-state index in [0.29, 0.717) is 16.5 Å². The molecule has 0 amide bonds. The molecule has 4 aromatic rings. The van der Waals surface area contributed by atoms with Crippen LogP contribution in [0.1, 0.15) is 5.56 Å². The monoisotopic (exact) mass is 397 g/mol. The molecule has 0 radical (unpaired) electrons. The number of rotatable bonds is 4. The number of aromatic nitrogens is 5. The number of benzene rings is 1. The minimum absolute atomic E-state index is 0.171. The third-order valence-electron chi connectivity index (χ3n) is 4.68. The van der Waals surface area contributed by atoms with E-state index in [-0.39, 0.29) is 17.8 Å². The zero-order valence-corrected chi connectivity index (χ0v) is 15.6. The van der Waals surface area contributed by atoms with Gasteiger partial charge in [-0.1, -0.05) is 6.07 Å². The summed E-state index contributed by atoms with van der Waals surface area (Å²) >= 11 is 0. The highest BCUT2D eigenvalue weighted by Crippen LogP contribution is 2.20. The van der Waals surface area contributed by atoms with Crippen molar-refractivity contribution in [3.8, 4) is 0 Å². The van der Waals surface area contributed by atoms with Crippen molar-refractivity contribution in [2.75, 3.05) is 0 Å². The number of hydrogen-bond donors (Lipinski definition) is 0. The first-order chi connectivity index (χ1) is 13.9. The number of nitrogens with zero attached hydrogens (tertiary/aromatic N) is 5. The smallest absolute Gasteiger partial charge is 0.333 e. The van der Waals surface area contributed by atoms with Gasteiger partial charge in [0.05, 0.1) is 11.8 Å². The molecule has 148 valence electrons. The summed E-state index contributed by atoms with van der Waals surface area (Å²) in [4.78, 5) is 45.6. The first-order valence-corrected chi connectivity index (χ1v) is 8.67. The van der Waals surface area contributed by atoms with Crippen LogP contribution < -0.4 is 11.2 Å². The molecule has 10 heteroatoms. The minimum atomic E-state index is -0.779. The van der Waals surface area contributed by atoms with Crippen molar-refractivity contribution >= 4 is 28.0 Å². The number of pyridine rings is 1. The zero-order valence-electron chi connectivity index (χ0n) is 15.6. The summed E-state index contributed by atoms with van der Waals surface area (Å²) < 4.78 is 22.6. The second-order valence-corrected chi connectivity index (χ2v) is 6.53. The van der Waals surface area contributed by atoms with E-state index in [0.717, 1.165) is 4.57 Å². The highest BCUT2D eigenvalue weighted by Gasteiger charge is 2.18. The molecule has 9 nitrogen and oxygen atoms in total. The molecule has 0 fully saturated rings. The molecule has 0 aliphatic heterocycles. The Morgan fingerprint density at radius 1 is 1.17 bits per heavy atom. The van der Waals surface area contributed by atoms with Gasteiger partial charge in [-0.25, -0.2) is 18.7 Å². The van der Waals surface area contributed by atoms with Gasteiger partial charge in [-0.15, -0.1) is 0 Å². The number of carbonyl (C=O) groups is 1. The maximum Gasteiger partial charge on any atom is 0.333 e. The summed E-state index contributed by atoms with van der Waals surface area (Å²) in [5.74, 6) is -1.21.